The second-order valence-corrected chi connectivity index (χ2v) is 4.06. The van der Waals surface area contributed by atoms with Crippen molar-refractivity contribution in [3.05, 3.63) is 70.8 Å². The maximum atomic E-state index is 11.3. The summed E-state index contributed by atoms with van der Waals surface area (Å²) >= 11 is 0. The number of esters is 1. The molecule has 0 N–H and O–H groups in total. The summed E-state index contributed by atoms with van der Waals surface area (Å²) in [7, 11) is 0. The average molecular weight is 234 g/mol. The average Bonchev–Trinajstić information content (AvgIpc) is 2.79. The van der Waals surface area contributed by atoms with Crippen molar-refractivity contribution in [3.8, 4) is 11.8 Å². The summed E-state index contributed by atoms with van der Waals surface area (Å²) in [4.78, 5) is 11.3. The maximum absolute atomic E-state index is 11.3. The predicted octanol–water partition coefficient (Wildman–Crippen LogP) is 2.76. The second-order valence-electron chi connectivity index (χ2n) is 4.06. The Morgan fingerprint density at radius 3 is 2.56 bits per heavy atom. The van der Waals surface area contributed by atoms with E-state index < -0.39 is 0 Å². The first kappa shape index (κ1) is 10.6. The van der Waals surface area contributed by atoms with Gasteiger partial charge in [-0.25, -0.2) is 4.79 Å². The van der Waals surface area contributed by atoms with E-state index in [4.69, 9.17) is 4.74 Å². The molecule has 0 aliphatic carbocycles. The van der Waals surface area contributed by atoms with Crippen LogP contribution in [0.3, 0.4) is 0 Å². The Hall–Kier alpha value is -2.53. The first-order chi connectivity index (χ1) is 8.83. The number of cyclic esters (lactones) is 1. The molecule has 0 fully saturated rings. The molecule has 0 bridgehead atoms. The summed E-state index contributed by atoms with van der Waals surface area (Å²) in [5.74, 6) is 5.93. The van der Waals surface area contributed by atoms with Crippen molar-refractivity contribution in [2.75, 3.05) is 0 Å². The van der Waals surface area contributed by atoms with Crippen molar-refractivity contribution in [1.29, 1.82) is 0 Å². The summed E-state index contributed by atoms with van der Waals surface area (Å²) in [5.41, 5.74) is 3.45. The summed E-state index contributed by atoms with van der Waals surface area (Å²) in [6.07, 6.45) is 0. The quantitative estimate of drug-likeness (QED) is 0.517. The molecule has 1 aliphatic heterocycles. The molecule has 18 heavy (non-hydrogen) atoms. The van der Waals surface area contributed by atoms with Gasteiger partial charge in [-0.3, -0.25) is 0 Å². The Balaban J connectivity index is 1.92. The molecule has 0 amide bonds. The van der Waals surface area contributed by atoms with Gasteiger partial charge < -0.3 is 4.74 Å². The molecule has 0 saturated carbocycles. The summed E-state index contributed by atoms with van der Waals surface area (Å²) < 4.78 is 4.95. The van der Waals surface area contributed by atoms with Crippen LogP contribution in [0.15, 0.2) is 48.5 Å². The number of fused-ring (bicyclic) bond motifs is 1. The lowest BCUT2D eigenvalue weighted by Gasteiger charge is -1.94. The first-order valence-corrected chi connectivity index (χ1v) is 5.70. The van der Waals surface area contributed by atoms with Crippen LogP contribution >= 0.6 is 0 Å². The van der Waals surface area contributed by atoms with Crippen LogP contribution in [0.25, 0.3) is 0 Å². The van der Waals surface area contributed by atoms with E-state index in [-0.39, 0.29) is 5.97 Å². The number of carbonyl (C=O) groups excluding carboxylic acids is 1. The lowest BCUT2D eigenvalue weighted by Crippen LogP contribution is -1.92. The van der Waals surface area contributed by atoms with E-state index in [0.717, 1.165) is 16.7 Å². The van der Waals surface area contributed by atoms with Crippen molar-refractivity contribution in [2.45, 2.75) is 6.61 Å². The van der Waals surface area contributed by atoms with Gasteiger partial charge in [-0.05, 0) is 30.3 Å². The van der Waals surface area contributed by atoms with Gasteiger partial charge in [-0.15, -0.1) is 0 Å². The van der Waals surface area contributed by atoms with Crippen LogP contribution in [0.4, 0.5) is 0 Å². The first-order valence-electron chi connectivity index (χ1n) is 5.70. The lowest BCUT2D eigenvalue weighted by molar-refractivity contribution is 0.0535. The zero-order valence-electron chi connectivity index (χ0n) is 9.64. The van der Waals surface area contributed by atoms with Gasteiger partial charge in [0.1, 0.15) is 6.61 Å². The summed E-state index contributed by atoms with van der Waals surface area (Å²) in [5, 5.41) is 0. The highest BCUT2D eigenvalue weighted by molar-refractivity contribution is 5.93. The van der Waals surface area contributed by atoms with E-state index in [1.807, 2.05) is 42.5 Å². The van der Waals surface area contributed by atoms with Crippen LogP contribution < -0.4 is 0 Å². The van der Waals surface area contributed by atoms with E-state index in [9.17, 15) is 4.79 Å². The summed E-state index contributed by atoms with van der Waals surface area (Å²) in [6.45, 7) is 0.356. The molecule has 0 spiro atoms. The van der Waals surface area contributed by atoms with Crippen LogP contribution in [0.1, 0.15) is 27.0 Å². The zero-order chi connectivity index (χ0) is 12.4. The number of hydrogen-bond donors (Lipinski definition) is 0. The SMILES string of the molecule is O=C1OCc2cc(C#Cc3ccccc3)ccc21. The second kappa shape index (κ2) is 4.38. The number of rotatable bonds is 0. The molecule has 1 aliphatic rings. The fourth-order valence-corrected chi connectivity index (χ4v) is 1.88. The van der Waals surface area contributed by atoms with Crippen LogP contribution in [0.2, 0.25) is 0 Å². The molecule has 0 saturated heterocycles. The van der Waals surface area contributed by atoms with E-state index >= 15 is 0 Å². The number of carbonyl (C=O) groups is 1. The van der Waals surface area contributed by atoms with E-state index in [1.165, 1.54) is 0 Å². The van der Waals surface area contributed by atoms with Crippen LogP contribution in [0.5, 0.6) is 0 Å². The minimum atomic E-state index is -0.243. The standard InChI is InChI=1S/C16H10O2/c17-16-15-9-8-13(10-14(15)11-18-16)7-6-12-4-2-1-3-5-12/h1-5,8-10H,11H2. The molecule has 86 valence electrons. The Bertz CT molecular complexity index is 660. The van der Waals surface area contributed by atoms with Crippen molar-refractivity contribution < 1.29 is 9.53 Å². The molecular weight excluding hydrogens is 224 g/mol. The Morgan fingerprint density at radius 1 is 0.944 bits per heavy atom. The molecule has 2 aromatic carbocycles. The Kier molecular flexibility index (Phi) is 2.59. The Morgan fingerprint density at radius 2 is 1.72 bits per heavy atom. The molecule has 2 nitrogen and oxygen atoms in total. The molecule has 0 radical (unpaired) electrons. The zero-order valence-corrected chi connectivity index (χ0v) is 9.64. The van der Waals surface area contributed by atoms with Gasteiger partial charge in [0.25, 0.3) is 0 Å². The van der Waals surface area contributed by atoms with Crippen molar-refractivity contribution in [3.63, 3.8) is 0 Å². The van der Waals surface area contributed by atoms with Crippen LogP contribution in [0, 0.1) is 11.8 Å². The number of benzene rings is 2. The van der Waals surface area contributed by atoms with Crippen LogP contribution in [-0.4, -0.2) is 5.97 Å². The molecule has 0 aromatic heterocycles. The molecule has 0 atom stereocenters. The fraction of sp³-hybridized carbons (Fsp3) is 0.0625. The molecule has 2 heteroatoms. The van der Waals surface area contributed by atoms with Gasteiger partial charge in [0.2, 0.25) is 0 Å². The van der Waals surface area contributed by atoms with Gasteiger partial charge >= 0.3 is 5.97 Å². The largest absolute Gasteiger partial charge is 0.457 e. The molecule has 3 rings (SSSR count). The van der Waals surface area contributed by atoms with Crippen molar-refractivity contribution in [1.82, 2.24) is 0 Å². The van der Waals surface area contributed by atoms with Gasteiger partial charge in [0.15, 0.2) is 0 Å². The highest BCUT2D eigenvalue weighted by Gasteiger charge is 2.20. The molecular formula is C16H10O2. The van der Waals surface area contributed by atoms with Gasteiger partial charge in [0, 0.05) is 16.7 Å². The highest BCUT2D eigenvalue weighted by Crippen LogP contribution is 2.20. The van der Waals surface area contributed by atoms with Crippen molar-refractivity contribution in [2.24, 2.45) is 0 Å². The normalized spacial score (nSPS) is 12.3. The van der Waals surface area contributed by atoms with E-state index in [2.05, 4.69) is 11.8 Å². The minimum Gasteiger partial charge on any atom is -0.457 e. The third-order valence-electron chi connectivity index (χ3n) is 2.81. The smallest absolute Gasteiger partial charge is 0.338 e. The van der Waals surface area contributed by atoms with Gasteiger partial charge in [-0.2, -0.15) is 0 Å². The highest BCUT2D eigenvalue weighted by atomic mass is 16.5. The monoisotopic (exact) mass is 234 g/mol. The molecule has 0 unspecified atom stereocenters. The third kappa shape index (κ3) is 1.99. The number of ether oxygens (including phenoxy) is 1. The Labute approximate surface area is 105 Å². The number of hydrogen-bond acceptors (Lipinski definition) is 2. The summed E-state index contributed by atoms with van der Waals surface area (Å²) in [6, 6.07) is 15.3. The maximum Gasteiger partial charge on any atom is 0.338 e. The predicted molar refractivity (Wildman–Crippen MR) is 68.0 cm³/mol. The van der Waals surface area contributed by atoms with Gasteiger partial charge in [0.05, 0.1) is 5.56 Å². The minimum absolute atomic E-state index is 0.243. The topological polar surface area (TPSA) is 26.3 Å². The van der Waals surface area contributed by atoms with E-state index in [0.29, 0.717) is 12.2 Å². The van der Waals surface area contributed by atoms with Crippen molar-refractivity contribution >= 4 is 5.97 Å². The molecule has 2 aromatic rings. The van der Waals surface area contributed by atoms with Crippen LogP contribution in [-0.2, 0) is 11.3 Å². The third-order valence-corrected chi connectivity index (χ3v) is 2.81. The fourth-order valence-electron chi connectivity index (χ4n) is 1.88. The van der Waals surface area contributed by atoms with E-state index in [1.54, 1.807) is 6.07 Å². The van der Waals surface area contributed by atoms with Gasteiger partial charge in [-0.1, -0.05) is 30.0 Å². The lowest BCUT2D eigenvalue weighted by atomic mass is 10.1. The molecule has 1 heterocycles.